The van der Waals surface area contributed by atoms with Gasteiger partial charge < -0.3 is 20.1 Å². The van der Waals surface area contributed by atoms with Crippen LogP contribution in [0, 0.1) is 0 Å². The quantitative estimate of drug-likeness (QED) is 0.859. The Labute approximate surface area is 140 Å². The molecular weight excluding hydrogens is 364 g/mol. The van der Waals surface area contributed by atoms with Crippen LogP contribution < -0.4 is 20.1 Å². The van der Waals surface area contributed by atoms with E-state index in [0.717, 1.165) is 4.47 Å². The summed E-state index contributed by atoms with van der Waals surface area (Å²) in [6.07, 6.45) is 0. The van der Waals surface area contributed by atoms with Crippen molar-refractivity contribution in [1.82, 2.24) is 5.32 Å². The third-order valence-corrected chi connectivity index (χ3v) is 3.65. The number of nitrogens with one attached hydrogen (secondary N) is 2. The van der Waals surface area contributed by atoms with Gasteiger partial charge in [-0.25, -0.2) is 0 Å². The van der Waals surface area contributed by atoms with E-state index in [2.05, 4.69) is 26.6 Å². The number of carbonyl (C=O) groups is 2. The first-order chi connectivity index (χ1) is 11.1. The fraction of sp³-hybridized carbons (Fsp3) is 0.125. The molecule has 0 saturated carbocycles. The minimum Gasteiger partial charge on any atom is -0.454 e. The van der Waals surface area contributed by atoms with Gasteiger partial charge in [0.05, 0.1) is 6.54 Å². The first-order valence-electron chi connectivity index (χ1n) is 6.85. The Kier molecular flexibility index (Phi) is 4.47. The molecule has 0 spiro atoms. The van der Waals surface area contributed by atoms with Crippen LogP contribution in [0.1, 0.15) is 10.4 Å². The zero-order valence-electron chi connectivity index (χ0n) is 12.0. The van der Waals surface area contributed by atoms with Gasteiger partial charge in [0.15, 0.2) is 11.5 Å². The van der Waals surface area contributed by atoms with Gasteiger partial charge in [0.2, 0.25) is 12.7 Å². The zero-order chi connectivity index (χ0) is 16.2. The second kappa shape index (κ2) is 6.70. The third-order valence-electron chi connectivity index (χ3n) is 3.15. The summed E-state index contributed by atoms with van der Waals surface area (Å²) in [5, 5.41) is 5.26. The number of amides is 2. The summed E-state index contributed by atoms with van der Waals surface area (Å²) in [4.78, 5) is 23.9. The maximum Gasteiger partial charge on any atom is 0.251 e. The van der Waals surface area contributed by atoms with Gasteiger partial charge in [0.1, 0.15) is 0 Å². The Bertz CT molecular complexity index is 763. The van der Waals surface area contributed by atoms with Gasteiger partial charge in [0, 0.05) is 21.8 Å². The maximum absolute atomic E-state index is 12.0. The molecule has 0 fully saturated rings. The van der Waals surface area contributed by atoms with Gasteiger partial charge in [-0.1, -0.05) is 22.0 Å². The van der Waals surface area contributed by atoms with E-state index in [1.807, 2.05) is 6.07 Å². The number of halogens is 1. The molecule has 2 N–H and O–H groups in total. The van der Waals surface area contributed by atoms with Gasteiger partial charge in [-0.2, -0.15) is 0 Å². The molecule has 0 aliphatic carbocycles. The first kappa shape index (κ1) is 15.4. The highest BCUT2D eigenvalue weighted by Crippen LogP contribution is 2.34. The van der Waals surface area contributed by atoms with Gasteiger partial charge in [0.25, 0.3) is 5.91 Å². The van der Waals surface area contributed by atoms with Crippen LogP contribution in [-0.2, 0) is 4.79 Å². The number of hydrogen-bond acceptors (Lipinski definition) is 4. The minimum atomic E-state index is -0.327. The summed E-state index contributed by atoms with van der Waals surface area (Å²) < 4.78 is 11.2. The summed E-state index contributed by atoms with van der Waals surface area (Å²) in [6, 6.07) is 12.0. The fourth-order valence-electron chi connectivity index (χ4n) is 2.07. The average Bonchev–Trinajstić information content (AvgIpc) is 3.00. The molecule has 0 unspecified atom stereocenters. The predicted octanol–water partition coefficient (Wildman–Crippen LogP) is 2.55. The number of rotatable bonds is 4. The van der Waals surface area contributed by atoms with Crippen LogP contribution in [0.4, 0.5) is 5.69 Å². The smallest absolute Gasteiger partial charge is 0.251 e. The van der Waals surface area contributed by atoms with Crippen molar-refractivity contribution < 1.29 is 19.1 Å². The average molecular weight is 377 g/mol. The Morgan fingerprint density at radius 3 is 2.74 bits per heavy atom. The number of fused-ring (bicyclic) bond motifs is 1. The second-order valence-electron chi connectivity index (χ2n) is 4.81. The van der Waals surface area contributed by atoms with Crippen molar-refractivity contribution >= 4 is 33.4 Å². The van der Waals surface area contributed by atoms with Gasteiger partial charge in [-0.15, -0.1) is 0 Å². The third kappa shape index (κ3) is 3.81. The number of benzene rings is 2. The molecule has 2 aromatic carbocycles. The van der Waals surface area contributed by atoms with Crippen molar-refractivity contribution in [3.63, 3.8) is 0 Å². The Morgan fingerprint density at radius 1 is 1.09 bits per heavy atom. The highest BCUT2D eigenvalue weighted by molar-refractivity contribution is 9.10. The highest BCUT2D eigenvalue weighted by atomic mass is 79.9. The molecule has 6 nitrogen and oxygen atoms in total. The molecule has 0 radical (unpaired) electrons. The van der Waals surface area contributed by atoms with E-state index in [1.54, 1.807) is 36.4 Å². The predicted molar refractivity (Wildman–Crippen MR) is 87.7 cm³/mol. The van der Waals surface area contributed by atoms with Crippen molar-refractivity contribution in [2.45, 2.75) is 0 Å². The summed E-state index contributed by atoms with van der Waals surface area (Å²) in [5.41, 5.74) is 1.06. The molecular formula is C16H13BrN2O4. The normalized spacial score (nSPS) is 11.9. The molecule has 1 aliphatic heterocycles. The molecule has 3 rings (SSSR count). The molecule has 0 saturated heterocycles. The fourth-order valence-corrected chi connectivity index (χ4v) is 2.47. The molecule has 7 heteroatoms. The number of hydrogen-bond donors (Lipinski definition) is 2. The van der Waals surface area contributed by atoms with Crippen molar-refractivity contribution in [2.24, 2.45) is 0 Å². The minimum absolute atomic E-state index is 0.125. The standard InChI is InChI=1S/C16H13BrN2O4/c17-11-3-1-2-10(6-11)16(21)18-8-15(20)19-12-4-5-13-14(7-12)23-9-22-13/h1-7H,8-9H2,(H,18,21)(H,19,20). The summed E-state index contributed by atoms with van der Waals surface area (Å²) in [6.45, 7) is 0.0508. The zero-order valence-corrected chi connectivity index (χ0v) is 13.6. The van der Waals surface area contributed by atoms with Crippen LogP contribution in [0.25, 0.3) is 0 Å². The van der Waals surface area contributed by atoms with Crippen molar-refractivity contribution in [3.8, 4) is 11.5 Å². The van der Waals surface area contributed by atoms with E-state index in [4.69, 9.17) is 9.47 Å². The van der Waals surface area contributed by atoms with E-state index >= 15 is 0 Å². The molecule has 2 aromatic rings. The molecule has 0 atom stereocenters. The lowest BCUT2D eigenvalue weighted by Crippen LogP contribution is -2.32. The van der Waals surface area contributed by atoms with Crippen LogP contribution >= 0.6 is 15.9 Å². The van der Waals surface area contributed by atoms with E-state index in [-0.39, 0.29) is 25.2 Å². The lowest BCUT2D eigenvalue weighted by Gasteiger charge is -2.08. The number of ether oxygens (including phenoxy) is 2. The Hall–Kier alpha value is -2.54. The Balaban J connectivity index is 1.54. The van der Waals surface area contributed by atoms with E-state index in [9.17, 15) is 9.59 Å². The molecule has 0 bridgehead atoms. The van der Waals surface area contributed by atoms with Gasteiger partial charge in [-0.3, -0.25) is 9.59 Å². The molecule has 118 valence electrons. The lowest BCUT2D eigenvalue weighted by molar-refractivity contribution is -0.115. The van der Waals surface area contributed by atoms with Crippen molar-refractivity contribution in [3.05, 3.63) is 52.5 Å². The maximum atomic E-state index is 12.0. The van der Waals surface area contributed by atoms with Gasteiger partial charge >= 0.3 is 0 Å². The molecule has 1 heterocycles. The summed E-state index contributed by atoms with van der Waals surface area (Å²) in [5.74, 6) is 0.589. The SMILES string of the molecule is O=C(CNC(=O)c1cccc(Br)c1)Nc1ccc2c(c1)OCO2. The van der Waals surface area contributed by atoms with Crippen molar-refractivity contribution in [1.29, 1.82) is 0 Å². The van der Waals surface area contributed by atoms with Crippen LogP contribution in [0.3, 0.4) is 0 Å². The van der Waals surface area contributed by atoms with Crippen LogP contribution in [0.15, 0.2) is 46.9 Å². The van der Waals surface area contributed by atoms with E-state index < -0.39 is 0 Å². The highest BCUT2D eigenvalue weighted by Gasteiger charge is 2.14. The molecule has 23 heavy (non-hydrogen) atoms. The van der Waals surface area contributed by atoms with E-state index in [0.29, 0.717) is 22.7 Å². The number of anilines is 1. The second-order valence-corrected chi connectivity index (χ2v) is 5.72. The number of carbonyl (C=O) groups excluding carboxylic acids is 2. The van der Waals surface area contributed by atoms with E-state index in [1.165, 1.54) is 0 Å². The lowest BCUT2D eigenvalue weighted by atomic mass is 10.2. The van der Waals surface area contributed by atoms with Crippen LogP contribution in [0.2, 0.25) is 0 Å². The largest absolute Gasteiger partial charge is 0.454 e. The Morgan fingerprint density at radius 2 is 1.91 bits per heavy atom. The molecule has 0 aromatic heterocycles. The van der Waals surface area contributed by atoms with Crippen LogP contribution in [-0.4, -0.2) is 25.2 Å². The molecule has 2 amide bonds. The summed E-state index contributed by atoms with van der Waals surface area (Å²) >= 11 is 3.30. The van der Waals surface area contributed by atoms with Crippen LogP contribution in [0.5, 0.6) is 11.5 Å². The van der Waals surface area contributed by atoms with Gasteiger partial charge in [-0.05, 0) is 30.3 Å². The summed E-state index contributed by atoms with van der Waals surface area (Å²) in [7, 11) is 0. The monoisotopic (exact) mass is 376 g/mol. The first-order valence-corrected chi connectivity index (χ1v) is 7.64. The molecule has 1 aliphatic rings. The topological polar surface area (TPSA) is 76.7 Å². The van der Waals surface area contributed by atoms with Crippen molar-refractivity contribution in [2.75, 3.05) is 18.7 Å².